The van der Waals surface area contributed by atoms with E-state index in [1.54, 1.807) is 23.3 Å². The van der Waals surface area contributed by atoms with Crippen LogP contribution in [0.5, 0.6) is 0 Å². The number of aryl methyl sites for hydroxylation is 1. The van der Waals surface area contributed by atoms with Crippen molar-refractivity contribution in [3.63, 3.8) is 0 Å². The van der Waals surface area contributed by atoms with Crippen molar-refractivity contribution in [2.24, 2.45) is 0 Å². The Labute approximate surface area is 187 Å². The molecule has 2 heterocycles. The van der Waals surface area contributed by atoms with Crippen LogP contribution < -0.4 is 11.2 Å². The summed E-state index contributed by atoms with van der Waals surface area (Å²) in [5, 5.41) is 1.72. The Kier molecular flexibility index (Phi) is 6.05. The highest BCUT2D eigenvalue weighted by atomic mass is 32.1. The highest BCUT2D eigenvalue weighted by Crippen LogP contribution is 2.18. The molecule has 0 aliphatic rings. The van der Waals surface area contributed by atoms with Gasteiger partial charge in [-0.15, -0.1) is 11.3 Å². The van der Waals surface area contributed by atoms with Crippen molar-refractivity contribution < 1.29 is 9.18 Å². The standard InChI is InChI=1S/C24H22FN3O3S/c1-3-26(14-17-7-5-4-6-8-17)21(29)15-27-20-11-12-32-22(20)23(30)28(24(27)31)18-9-10-19(25)16(2)13-18/h4-13H,3,14-15H2,1-2H3. The topological polar surface area (TPSA) is 64.3 Å². The highest BCUT2D eigenvalue weighted by Gasteiger charge is 2.20. The first kappa shape index (κ1) is 21.7. The first-order valence-corrected chi connectivity index (χ1v) is 11.1. The number of halogens is 1. The second kappa shape index (κ2) is 8.92. The third-order valence-corrected chi connectivity index (χ3v) is 6.29. The van der Waals surface area contributed by atoms with Crippen LogP contribution in [0.4, 0.5) is 4.39 Å². The molecular formula is C24H22FN3O3S. The van der Waals surface area contributed by atoms with Gasteiger partial charge in [0.1, 0.15) is 17.1 Å². The average molecular weight is 452 g/mol. The molecule has 0 saturated carbocycles. The maximum Gasteiger partial charge on any atom is 0.336 e. The van der Waals surface area contributed by atoms with Crippen molar-refractivity contribution in [1.29, 1.82) is 0 Å². The van der Waals surface area contributed by atoms with E-state index >= 15 is 0 Å². The summed E-state index contributed by atoms with van der Waals surface area (Å²) >= 11 is 1.20. The van der Waals surface area contributed by atoms with Gasteiger partial charge in [-0.05, 0) is 54.6 Å². The predicted octanol–water partition coefficient (Wildman–Crippen LogP) is 3.71. The number of thiophene rings is 1. The predicted molar refractivity (Wildman–Crippen MR) is 124 cm³/mol. The first-order chi connectivity index (χ1) is 15.4. The lowest BCUT2D eigenvalue weighted by molar-refractivity contribution is -0.132. The maximum atomic E-state index is 13.8. The molecule has 0 radical (unpaired) electrons. The molecule has 0 unspecified atom stereocenters. The summed E-state index contributed by atoms with van der Waals surface area (Å²) in [6, 6.07) is 15.4. The molecule has 0 aliphatic carbocycles. The van der Waals surface area contributed by atoms with Gasteiger partial charge in [0.05, 0.1) is 11.2 Å². The number of hydrogen-bond donors (Lipinski definition) is 0. The van der Waals surface area contributed by atoms with E-state index in [9.17, 15) is 18.8 Å². The minimum absolute atomic E-state index is 0.201. The van der Waals surface area contributed by atoms with Crippen LogP contribution in [0, 0.1) is 12.7 Å². The summed E-state index contributed by atoms with van der Waals surface area (Å²) in [4.78, 5) is 41.2. The van der Waals surface area contributed by atoms with Crippen molar-refractivity contribution in [1.82, 2.24) is 14.0 Å². The molecule has 4 rings (SSSR count). The Morgan fingerprint density at radius 2 is 1.84 bits per heavy atom. The summed E-state index contributed by atoms with van der Waals surface area (Å²) in [6.45, 7) is 4.15. The summed E-state index contributed by atoms with van der Waals surface area (Å²) < 4.78 is 16.5. The molecule has 0 saturated heterocycles. The van der Waals surface area contributed by atoms with Crippen molar-refractivity contribution in [2.45, 2.75) is 26.9 Å². The van der Waals surface area contributed by atoms with Gasteiger partial charge in [0.2, 0.25) is 5.91 Å². The van der Waals surface area contributed by atoms with Gasteiger partial charge in [-0.3, -0.25) is 14.2 Å². The molecule has 1 amide bonds. The monoisotopic (exact) mass is 451 g/mol. The molecule has 6 nitrogen and oxygen atoms in total. The molecular weight excluding hydrogens is 429 g/mol. The maximum absolute atomic E-state index is 13.8. The number of fused-ring (bicyclic) bond motifs is 1. The minimum atomic E-state index is -0.629. The number of nitrogens with zero attached hydrogens (tertiary/aromatic N) is 3. The molecule has 2 aromatic carbocycles. The zero-order valence-electron chi connectivity index (χ0n) is 17.7. The van der Waals surface area contributed by atoms with E-state index in [2.05, 4.69) is 0 Å². The van der Waals surface area contributed by atoms with Gasteiger partial charge < -0.3 is 4.90 Å². The van der Waals surface area contributed by atoms with Gasteiger partial charge in [-0.1, -0.05) is 30.3 Å². The molecule has 0 atom stereocenters. The fourth-order valence-electron chi connectivity index (χ4n) is 3.65. The molecule has 2 aromatic heterocycles. The van der Waals surface area contributed by atoms with Crippen LogP contribution in [0.1, 0.15) is 18.1 Å². The number of amides is 1. The van der Waals surface area contributed by atoms with E-state index in [4.69, 9.17) is 0 Å². The largest absolute Gasteiger partial charge is 0.337 e. The smallest absolute Gasteiger partial charge is 0.336 e. The Hall–Kier alpha value is -3.52. The lowest BCUT2D eigenvalue weighted by atomic mass is 10.2. The zero-order valence-corrected chi connectivity index (χ0v) is 18.6. The quantitative estimate of drug-likeness (QED) is 0.449. The van der Waals surface area contributed by atoms with Gasteiger partial charge in [0, 0.05) is 13.1 Å². The van der Waals surface area contributed by atoms with Crippen molar-refractivity contribution in [2.75, 3.05) is 6.54 Å². The normalized spacial score (nSPS) is 11.1. The van der Waals surface area contributed by atoms with E-state index < -0.39 is 17.1 Å². The summed E-state index contributed by atoms with van der Waals surface area (Å²) in [6.07, 6.45) is 0. The Morgan fingerprint density at radius 3 is 2.53 bits per heavy atom. The van der Waals surface area contributed by atoms with Gasteiger partial charge in [0.15, 0.2) is 0 Å². The molecule has 0 fully saturated rings. The van der Waals surface area contributed by atoms with Crippen molar-refractivity contribution in [3.05, 3.63) is 97.8 Å². The third-order valence-electron chi connectivity index (χ3n) is 5.40. The van der Waals surface area contributed by atoms with Crippen LogP contribution in [0.2, 0.25) is 0 Å². The molecule has 32 heavy (non-hydrogen) atoms. The summed E-state index contributed by atoms with van der Waals surface area (Å²) in [5.41, 5.74) is 0.892. The van der Waals surface area contributed by atoms with E-state index in [0.717, 1.165) is 10.1 Å². The lowest BCUT2D eigenvalue weighted by Crippen LogP contribution is -2.42. The van der Waals surface area contributed by atoms with Gasteiger partial charge >= 0.3 is 5.69 Å². The van der Waals surface area contributed by atoms with E-state index in [1.165, 1.54) is 34.1 Å². The molecule has 0 spiro atoms. The van der Waals surface area contributed by atoms with Gasteiger partial charge in [-0.25, -0.2) is 13.8 Å². The molecule has 0 N–H and O–H groups in total. The van der Waals surface area contributed by atoms with Crippen molar-refractivity contribution >= 4 is 27.5 Å². The number of likely N-dealkylation sites (N-methyl/N-ethyl adjacent to an activating group) is 1. The number of rotatable bonds is 6. The lowest BCUT2D eigenvalue weighted by Gasteiger charge is -2.22. The van der Waals surface area contributed by atoms with E-state index in [0.29, 0.717) is 28.9 Å². The number of carbonyl (C=O) groups is 1. The number of hydrogen-bond acceptors (Lipinski definition) is 4. The fourth-order valence-corrected chi connectivity index (χ4v) is 4.48. The van der Waals surface area contributed by atoms with Crippen molar-refractivity contribution in [3.8, 4) is 5.69 Å². The van der Waals surface area contributed by atoms with Crippen LogP contribution in [-0.4, -0.2) is 26.5 Å². The molecule has 0 aliphatic heterocycles. The Morgan fingerprint density at radius 1 is 1.09 bits per heavy atom. The zero-order chi connectivity index (χ0) is 22.8. The van der Waals surface area contributed by atoms with Gasteiger partial charge in [0.25, 0.3) is 5.56 Å². The number of carbonyl (C=O) groups excluding carboxylic acids is 1. The molecule has 4 aromatic rings. The Balaban J connectivity index is 1.78. The van der Waals surface area contributed by atoms with E-state index in [-0.39, 0.29) is 18.1 Å². The first-order valence-electron chi connectivity index (χ1n) is 10.2. The van der Waals surface area contributed by atoms with Crippen LogP contribution >= 0.6 is 11.3 Å². The van der Waals surface area contributed by atoms with Gasteiger partial charge in [-0.2, -0.15) is 0 Å². The van der Waals surface area contributed by atoms with Crippen LogP contribution in [0.15, 0.2) is 69.6 Å². The summed E-state index contributed by atoms with van der Waals surface area (Å²) in [5.74, 6) is -0.652. The second-order valence-electron chi connectivity index (χ2n) is 7.47. The fraction of sp³-hybridized carbons (Fsp3) is 0.208. The van der Waals surface area contributed by atoms with E-state index in [1.807, 2.05) is 37.3 Å². The highest BCUT2D eigenvalue weighted by molar-refractivity contribution is 7.17. The number of aromatic nitrogens is 2. The SMILES string of the molecule is CCN(Cc1ccccc1)C(=O)Cn1c(=O)n(-c2ccc(F)c(C)c2)c(=O)c2sccc21. The molecule has 8 heteroatoms. The molecule has 164 valence electrons. The second-order valence-corrected chi connectivity index (χ2v) is 8.39. The summed E-state index contributed by atoms with van der Waals surface area (Å²) in [7, 11) is 0. The Bertz CT molecular complexity index is 1410. The minimum Gasteiger partial charge on any atom is -0.337 e. The van der Waals surface area contributed by atoms with Crippen LogP contribution in [0.3, 0.4) is 0 Å². The average Bonchev–Trinajstić information content (AvgIpc) is 3.28. The third kappa shape index (κ3) is 4.01. The van der Waals surface area contributed by atoms with Crippen LogP contribution in [0.25, 0.3) is 15.9 Å². The number of benzene rings is 2. The molecule has 0 bridgehead atoms. The van der Waals surface area contributed by atoms with Crippen LogP contribution in [-0.2, 0) is 17.9 Å².